The lowest BCUT2D eigenvalue weighted by molar-refractivity contribution is 0.741. The number of pyridine rings is 1. The topological polar surface area (TPSA) is 78.2 Å². The molecule has 6 nitrogen and oxygen atoms in total. The van der Waals surface area contributed by atoms with Crippen molar-refractivity contribution in [3.05, 3.63) is 58.4 Å². The number of rotatable bonds is 2. The van der Waals surface area contributed by atoms with Gasteiger partial charge in [-0.25, -0.2) is 9.50 Å². The molecule has 0 fully saturated rings. The molecule has 0 spiro atoms. The average Bonchev–Trinajstić information content (AvgIpc) is 2.77. The van der Waals surface area contributed by atoms with E-state index in [9.17, 15) is 4.79 Å². The molecule has 0 aliphatic heterocycles. The first-order chi connectivity index (χ1) is 9.15. The van der Waals surface area contributed by atoms with E-state index in [2.05, 4.69) is 10.1 Å². The van der Waals surface area contributed by atoms with E-state index in [1.807, 2.05) is 13.0 Å². The van der Waals surface area contributed by atoms with Gasteiger partial charge in [0.25, 0.3) is 5.56 Å². The van der Waals surface area contributed by atoms with Crippen LogP contribution in [-0.4, -0.2) is 19.2 Å². The van der Waals surface area contributed by atoms with Crippen LogP contribution in [0.25, 0.3) is 5.52 Å². The number of fused-ring (bicyclic) bond motifs is 1. The van der Waals surface area contributed by atoms with Gasteiger partial charge >= 0.3 is 0 Å². The van der Waals surface area contributed by atoms with Crippen LogP contribution in [0.3, 0.4) is 0 Å². The molecule has 0 aliphatic carbocycles. The zero-order chi connectivity index (χ0) is 13.4. The molecular weight excluding hydrogens is 242 g/mol. The molecular formula is C13H13N5O. The number of nitrogens with zero attached hydrogens (tertiary/aromatic N) is 4. The van der Waals surface area contributed by atoms with Crippen LogP contribution in [0.1, 0.15) is 11.3 Å². The zero-order valence-electron chi connectivity index (χ0n) is 10.4. The highest BCUT2D eigenvalue weighted by Crippen LogP contribution is 2.08. The van der Waals surface area contributed by atoms with Crippen LogP contribution in [0.15, 0.2) is 41.6 Å². The second kappa shape index (κ2) is 4.24. The first-order valence-electron chi connectivity index (χ1n) is 5.90. The van der Waals surface area contributed by atoms with Crippen molar-refractivity contribution in [2.24, 2.45) is 0 Å². The summed E-state index contributed by atoms with van der Waals surface area (Å²) >= 11 is 0. The van der Waals surface area contributed by atoms with Gasteiger partial charge in [0, 0.05) is 24.2 Å². The van der Waals surface area contributed by atoms with Gasteiger partial charge in [0.05, 0.1) is 12.2 Å². The monoisotopic (exact) mass is 255 g/mol. The van der Waals surface area contributed by atoms with E-state index in [4.69, 9.17) is 5.73 Å². The van der Waals surface area contributed by atoms with Gasteiger partial charge in [0.15, 0.2) is 0 Å². The Kier molecular flexibility index (Phi) is 2.56. The fraction of sp³-hybridized carbons (Fsp3) is 0.154. The number of hydrogen-bond donors (Lipinski definition) is 1. The normalized spacial score (nSPS) is 11.0. The first-order valence-corrected chi connectivity index (χ1v) is 5.90. The highest BCUT2D eigenvalue weighted by Gasteiger charge is 2.07. The lowest BCUT2D eigenvalue weighted by Crippen LogP contribution is -2.22. The summed E-state index contributed by atoms with van der Waals surface area (Å²) in [6.45, 7) is 2.26. The number of aromatic nitrogens is 4. The van der Waals surface area contributed by atoms with Gasteiger partial charge in [-0.1, -0.05) is 6.07 Å². The average molecular weight is 255 g/mol. The highest BCUT2D eigenvalue weighted by molar-refractivity contribution is 5.45. The second-order valence-corrected chi connectivity index (χ2v) is 4.39. The van der Waals surface area contributed by atoms with Crippen LogP contribution in [0.5, 0.6) is 0 Å². The lowest BCUT2D eigenvalue weighted by atomic mass is 10.2. The minimum Gasteiger partial charge on any atom is -0.383 e. The van der Waals surface area contributed by atoms with Crippen molar-refractivity contribution in [1.82, 2.24) is 19.2 Å². The van der Waals surface area contributed by atoms with Crippen molar-refractivity contribution in [1.29, 1.82) is 0 Å². The molecule has 0 amide bonds. The van der Waals surface area contributed by atoms with E-state index < -0.39 is 0 Å². The Morgan fingerprint density at radius 3 is 3.00 bits per heavy atom. The SMILES string of the molecule is Cc1cc2c(=O)n(Cc3cccnc3N)ccn2n1. The predicted molar refractivity (Wildman–Crippen MR) is 71.9 cm³/mol. The number of hydrogen-bond acceptors (Lipinski definition) is 4. The van der Waals surface area contributed by atoms with E-state index >= 15 is 0 Å². The van der Waals surface area contributed by atoms with Gasteiger partial charge in [-0.3, -0.25) is 4.79 Å². The van der Waals surface area contributed by atoms with Gasteiger partial charge in [0.2, 0.25) is 0 Å². The fourth-order valence-corrected chi connectivity index (χ4v) is 2.04. The van der Waals surface area contributed by atoms with Gasteiger partial charge in [0.1, 0.15) is 11.3 Å². The van der Waals surface area contributed by atoms with Crippen molar-refractivity contribution >= 4 is 11.3 Å². The largest absolute Gasteiger partial charge is 0.383 e. The molecule has 0 bridgehead atoms. The molecule has 3 heterocycles. The fourth-order valence-electron chi connectivity index (χ4n) is 2.04. The molecule has 0 saturated heterocycles. The summed E-state index contributed by atoms with van der Waals surface area (Å²) in [5, 5.41) is 4.21. The Balaban J connectivity index is 2.09. The van der Waals surface area contributed by atoms with Crippen molar-refractivity contribution in [2.45, 2.75) is 13.5 Å². The van der Waals surface area contributed by atoms with E-state index in [1.54, 1.807) is 39.8 Å². The van der Waals surface area contributed by atoms with E-state index in [0.29, 0.717) is 17.9 Å². The Labute approximate surface area is 109 Å². The van der Waals surface area contributed by atoms with Gasteiger partial charge < -0.3 is 10.3 Å². The van der Waals surface area contributed by atoms with Crippen LogP contribution >= 0.6 is 0 Å². The summed E-state index contributed by atoms with van der Waals surface area (Å²) < 4.78 is 3.19. The van der Waals surface area contributed by atoms with Crippen LogP contribution in [0, 0.1) is 6.92 Å². The number of anilines is 1. The summed E-state index contributed by atoms with van der Waals surface area (Å²) in [5.41, 5.74) is 7.90. The summed E-state index contributed by atoms with van der Waals surface area (Å²) in [6.07, 6.45) is 5.09. The van der Waals surface area contributed by atoms with Crippen molar-refractivity contribution in [3.63, 3.8) is 0 Å². The predicted octanol–water partition coefficient (Wildman–Crippen LogP) is 0.830. The van der Waals surface area contributed by atoms with Gasteiger partial charge in [-0.05, 0) is 19.1 Å². The summed E-state index contributed by atoms with van der Waals surface area (Å²) in [4.78, 5) is 16.3. The molecule has 3 aromatic heterocycles. The summed E-state index contributed by atoms with van der Waals surface area (Å²) in [7, 11) is 0. The summed E-state index contributed by atoms with van der Waals surface area (Å²) in [6, 6.07) is 5.43. The third kappa shape index (κ3) is 1.97. The number of aryl methyl sites for hydroxylation is 1. The standard InChI is InChI=1S/C13H13N5O/c1-9-7-11-13(19)17(5-6-18(11)16-9)8-10-3-2-4-15-12(10)14/h2-7H,8H2,1H3,(H2,14,15). The minimum atomic E-state index is -0.0913. The van der Waals surface area contributed by atoms with E-state index in [-0.39, 0.29) is 5.56 Å². The molecule has 0 atom stereocenters. The Morgan fingerprint density at radius 1 is 1.37 bits per heavy atom. The number of nitrogens with two attached hydrogens (primary N) is 1. The molecule has 0 radical (unpaired) electrons. The molecule has 0 saturated carbocycles. The maximum atomic E-state index is 12.3. The molecule has 2 N–H and O–H groups in total. The molecule has 6 heteroatoms. The summed E-state index contributed by atoms with van der Waals surface area (Å²) in [5.74, 6) is 0.443. The van der Waals surface area contributed by atoms with Gasteiger partial charge in [-0.15, -0.1) is 0 Å². The molecule has 0 aliphatic rings. The van der Waals surface area contributed by atoms with Crippen LogP contribution < -0.4 is 11.3 Å². The molecule has 0 aromatic carbocycles. The molecule has 19 heavy (non-hydrogen) atoms. The zero-order valence-corrected chi connectivity index (χ0v) is 10.4. The van der Waals surface area contributed by atoms with Crippen LogP contribution in [0.2, 0.25) is 0 Å². The quantitative estimate of drug-likeness (QED) is 0.735. The maximum Gasteiger partial charge on any atom is 0.276 e. The minimum absolute atomic E-state index is 0.0913. The third-order valence-electron chi connectivity index (χ3n) is 2.99. The molecule has 3 aromatic rings. The van der Waals surface area contributed by atoms with Crippen molar-refractivity contribution in [2.75, 3.05) is 5.73 Å². The van der Waals surface area contributed by atoms with E-state index in [0.717, 1.165) is 11.3 Å². The van der Waals surface area contributed by atoms with Crippen LogP contribution in [-0.2, 0) is 6.54 Å². The first kappa shape index (κ1) is 11.5. The second-order valence-electron chi connectivity index (χ2n) is 4.39. The Hall–Kier alpha value is -2.63. The smallest absolute Gasteiger partial charge is 0.276 e. The third-order valence-corrected chi connectivity index (χ3v) is 2.99. The number of nitrogen functional groups attached to an aromatic ring is 1. The van der Waals surface area contributed by atoms with Gasteiger partial charge in [-0.2, -0.15) is 5.10 Å². The highest BCUT2D eigenvalue weighted by atomic mass is 16.1. The van der Waals surface area contributed by atoms with E-state index in [1.165, 1.54) is 0 Å². The molecule has 96 valence electrons. The maximum absolute atomic E-state index is 12.3. The Morgan fingerprint density at radius 2 is 2.21 bits per heavy atom. The lowest BCUT2D eigenvalue weighted by Gasteiger charge is -2.07. The molecule has 0 unspecified atom stereocenters. The Bertz CT molecular complexity index is 802. The molecule has 3 rings (SSSR count). The van der Waals surface area contributed by atoms with Crippen molar-refractivity contribution in [3.8, 4) is 0 Å². The van der Waals surface area contributed by atoms with Crippen molar-refractivity contribution < 1.29 is 0 Å². The van der Waals surface area contributed by atoms with Crippen LogP contribution in [0.4, 0.5) is 5.82 Å².